The number of carbonyl (C=O) groups is 3. The molecule has 31 heavy (non-hydrogen) atoms. The van der Waals surface area contributed by atoms with Crippen LogP contribution in [-0.4, -0.2) is 30.4 Å². The van der Waals surface area contributed by atoms with Gasteiger partial charge in [-0.05, 0) is 87.5 Å². The molecule has 0 heterocycles. The van der Waals surface area contributed by atoms with Crippen molar-refractivity contribution >= 4 is 23.5 Å². The first-order valence-electron chi connectivity index (χ1n) is 11.2. The molecule has 1 aromatic rings. The van der Waals surface area contributed by atoms with Crippen molar-refractivity contribution in [2.75, 3.05) is 11.9 Å². The summed E-state index contributed by atoms with van der Waals surface area (Å²) in [7, 11) is 0. The number of rotatable bonds is 7. The molecule has 5 rings (SSSR count). The number of hydrogen-bond donors (Lipinski definition) is 2. The minimum atomic E-state index is -0.956. The van der Waals surface area contributed by atoms with Gasteiger partial charge in [-0.3, -0.25) is 14.4 Å². The minimum absolute atomic E-state index is 0.0343. The van der Waals surface area contributed by atoms with Gasteiger partial charge in [-0.15, -0.1) is 0 Å². The van der Waals surface area contributed by atoms with Gasteiger partial charge in [0.2, 0.25) is 5.91 Å². The van der Waals surface area contributed by atoms with Crippen LogP contribution in [0.2, 0.25) is 0 Å². The van der Waals surface area contributed by atoms with Crippen LogP contribution in [0.25, 0.3) is 0 Å². The molecule has 7 heteroatoms. The summed E-state index contributed by atoms with van der Waals surface area (Å²) >= 11 is 0. The summed E-state index contributed by atoms with van der Waals surface area (Å²) in [6.45, 7) is 1.73. The van der Waals surface area contributed by atoms with Gasteiger partial charge in [0.25, 0.3) is 5.91 Å². The Kier molecular flexibility index (Phi) is 5.99. The molecule has 4 saturated carbocycles. The largest absolute Gasteiger partial charge is 0.452 e. The van der Waals surface area contributed by atoms with Crippen molar-refractivity contribution in [1.29, 1.82) is 5.26 Å². The van der Waals surface area contributed by atoms with Crippen molar-refractivity contribution in [2.45, 2.75) is 58.0 Å². The van der Waals surface area contributed by atoms with Crippen LogP contribution in [0.15, 0.2) is 24.3 Å². The van der Waals surface area contributed by atoms with E-state index in [0.717, 1.165) is 19.3 Å². The predicted octanol–water partition coefficient (Wildman–Crippen LogP) is 3.15. The summed E-state index contributed by atoms with van der Waals surface area (Å²) in [5.74, 6) is 1.20. The van der Waals surface area contributed by atoms with E-state index in [1.54, 1.807) is 24.3 Å². The summed E-state index contributed by atoms with van der Waals surface area (Å²) in [6.07, 6.45) is 5.88. The van der Waals surface area contributed by atoms with Crippen molar-refractivity contribution in [1.82, 2.24) is 5.32 Å². The van der Waals surface area contributed by atoms with Crippen molar-refractivity contribution in [2.24, 2.45) is 23.2 Å². The Hall–Kier alpha value is -2.88. The third-order valence-corrected chi connectivity index (χ3v) is 7.09. The van der Waals surface area contributed by atoms with Gasteiger partial charge in [0, 0.05) is 17.6 Å². The number of benzene rings is 1. The highest BCUT2D eigenvalue weighted by Crippen LogP contribution is 2.60. The van der Waals surface area contributed by atoms with E-state index < -0.39 is 18.0 Å². The van der Waals surface area contributed by atoms with Crippen LogP contribution in [0.3, 0.4) is 0 Å². The molecule has 0 radical (unpaired) electrons. The lowest BCUT2D eigenvalue weighted by molar-refractivity contribution is -0.153. The van der Waals surface area contributed by atoms with E-state index in [-0.39, 0.29) is 24.3 Å². The van der Waals surface area contributed by atoms with Gasteiger partial charge in [-0.2, -0.15) is 5.26 Å². The third-order valence-electron chi connectivity index (χ3n) is 7.09. The SMILES string of the molecule is C[C@H](OC(=O)CCNC(=O)C12CC3CC(CC(C3)C1)C2)C(=O)Nc1ccc(C#N)cc1. The Balaban J connectivity index is 1.20. The molecule has 1 atom stereocenters. The molecule has 1 aromatic carbocycles. The summed E-state index contributed by atoms with van der Waals surface area (Å²) in [5.41, 5.74) is 0.787. The molecule has 0 aromatic heterocycles. The Morgan fingerprint density at radius 2 is 1.68 bits per heavy atom. The fourth-order valence-corrected chi connectivity index (χ4v) is 6.04. The molecule has 7 nitrogen and oxygen atoms in total. The second kappa shape index (κ2) is 8.70. The molecule has 0 spiro atoms. The van der Waals surface area contributed by atoms with Crippen LogP contribution in [0.1, 0.15) is 57.4 Å². The van der Waals surface area contributed by atoms with E-state index in [1.807, 2.05) is 6.07 Å². The van der Waals surface area contributed by atoms with Crippen molar-refractivity contribution in [3.63, 3.8) is 0 Å². The summed E-state index contributed by atoms with van der Waals surface area (Å²) in [4.78, 5) is 37.3. The van der Waals surface area contributed by atoms with Crippen molar-refractivity contribution in [3.05, 3.63) is 29.8 Å². The van der Waals surface area contributed by atoms with Crippen LogP contribution in [-0.2, 0) is 19.1 Å². The molecule has 164 valence electrons. The average molecular weight is 424 g/mol. The fourth-order valence-electron chi connectivity index (χ4n) is 6.04. The fraction of sp³-hybridized carbons (Fsp3) is 0.583. The number of hydrogen-bond acceptors (Lipinski definition) is 5. The van der Waals surface area contributed by atoms with Crippen molar-refractivity contribution in [3.8, 4) is 6.07 Å². The second-order valence-electron chi connectivity index (χ2n) is 9.51. The van der Waals surface area contributed by atoms with E-state index in [0.29, 0.717) is 29.0 Å². The maximum atomic E-state index is 12.9. The van der Waals surface area contributed by atoms with Gasteiger partial charge in [0.15, 0.2) is 6.10 Å². The number of nitrogens with zero attached hydrogens (tertiary/aromatic N) is 1. The topological polar surface area (TPSA) is 108 Å². The molecule has 0 unspecified atom stereocenters. The molecule has 0 saturated heterocycles. The monoisotopic (exact) mass is 423 g/mol. The van der Waals surface area contributed by atoms with E-state index in [1.165, 1.54) is 26.2 Å². The molecule has 2 N–H and O–H groups in total. The summed E-state index contributed by atoms with van der Waals surface area (Å²) in [6, 6.07) is 8.43. The summed E-state index contributed by atoms with van der Waals surface area (Å²) in [5, 5.41) is 14.4. The molecular weight excluding hydrogens is 394 g/mol. The number of anilines is 1. The van der Waals surface area contributed by atoms with Crippen LogP contribution in [0.5, 0.6) is 0 Å². The highest BCUT2D eigenvalue weighted by atomic mass is 16.5. The quantitative estimate of drug-likeness (QED) is 0.655. The molecule has 4 aliphatic carbocycles. The molecule has 0 aliphatic heterocycles. The first kappa shape index (κ1) is 21.4. The maximum Gasteiger partial charge on any atom is 0.308 e. The Morgan fingerprint density at radius 3 is 2.23 bits per heavy atom. The number of ether oxygens (including phenoxy) is 1. The van der Waals surface area contributed by atoms with E-state index in [4.69, 9.17) is 10.00 Å². The van der Waals surface area contributed by atoms with Gasteiger partial charge in [-0.25, -0.2) is 0 Å². The molecule has 4 aliphatic rings. The number of carbonyl (C=O) groups excluding carboxylic acids is 3. The van der Waals surface area contributed by atoms with Gasteiger partial charge in [0.05, 0.1) is 18.1 Å². The zero-order valence-corrected chi connectivity index (χ0v) is 17.9. The zero-order valence-electron chi connectivity index (χ0n) is 17.9. The first-order valence-corrected chi connectivity index (χ1v) is 11.2. The number of esters is 1. The van der Waals surface area contributed by atoms with E-state index in [2.05, 4.69) is 10.6 Å². The Bertz CT molecular complexity index is 867. The smallest absolute Gasteiger partial charge is 0.308 e. The summed E-state index contributed by atoms with van der Waals surface area (Å²) < 4.78 is 5.21. The van der Waals surface area contributed by atoms with Crippen molar-refractivity contribution < 1.29 is 19.1 Å². The Labute approximate surface area is 182 Å². The molecule has 2 amide bonds. The highest BCUT2D eigenvalue weighted by Gasteiger charge is 2.54. The Morgan fingerprint density at radius 1 is 1.10 bits per heavy atom. The number of nitriles is 1. The predicted molar refractivity (Wildman–Crippen MR) is 114 cm³/mol. The van der Waals surface area contributed by atoms with E-state index in [9.17, 15) is 14.4 Å². The van der Waals surface area contributed by atoms with Crippen LogP contribution < -0.4 is 10.6 Å². The lowest BCUT2D eigenvalue weighted by Gasteiger charge is -2.55. The maximum absolute atomic E-state index is 12.9. The molecule has 4 fully saturated rings. The van der Waals surface area contributed by atoms with Gasteiger partial charge >= 0.3 is 5.97 Å². The minimum Gasteiger partial charge on any atom is -0.452 e. The third kappa shape index (κ3) is 4.73. The van der Waals surface area contributed by atoms with Gasteiger partial charge < -0.3 is 15.4 Å². The zero-order chi connectivity index (χ0) is 22.0. The van der Waals surface area contributed by atoms with Crippen LogP contribution >= 0.6 is 0 Å². The number of nitrogens with one attached hydrogen (secondary N) is 2. The van der Waals surface area contributed by atoms with Crippen LogP contribution in [0, 0.1) is 34.5 Å². The van der Waals surface area contributed by atoms with Gasteiger partial charge in [0.1, 0.15) is 0 Å². The van der Waals surface area contributed by atoms with E-state index >= 15 is 0 Å². The van der Waals surface area contributed by atoms with Gasteiger partial charge in [-0.1, -0.05) is 0 Å². The normalized spacial score (nSPS) is 29.0. The molecular formula is C24H29N3O4. The highest BCUT2D eigenvalue weighted by molar-refractivity contribution is 5.95. The molecule has 4 bridgehead atoms. The average Bonchev–Trinajstić information content (AvgIpc) is 2.73. The number of amides is 2. The standard InChI is InChI=1S/C24H29N3O4/c1-15(22(29)27-20-4-2-16(14-25)3-5-20)31-21(28)6-7-26-23(30)24-11-17-8-18(12-24)10-19(9-17)13-24/h2-5,15,17-19H,6-13H2,1H3,(H,26,30)(H,27,29)/t15-,17?,18?,19?,24?/m0/s1. The second-order valence-corrected chi connectivity index (χ2v) is 9.51. The lowest BCUT2D eigenvalue weighted by Crippen LogP contribution is -2.53. The van der Waals surface area contributed by atoms with Crippen LogP contribution in [0.4, 0.5) is 5.69 Å². The first-order chi connectivity index (χ1) is 14.9. The lowest BCUT2D eigenvalue weighted by atomic mass is 9.49.